The lowest BCUT2D eigenvalue weighted by molar-refractivity contribution is -0.941. The Hall–Kier alpha value is -2.24. The number of hydrogen-bond acceptors (Lipinski definition) is 3. The Bertz CT molecular complexity index is 856. The SMILES string of the molecule is Clc1ccc(C[NH+](Cc2ccccc2)Cc2nnnn2C2CCCCC2)cc1. The molecule has 1 heterocycles. The van der Waals surface area contributed by atoms with Crippen molar-refractivity contribution in [3.05, 3.63) is 76.6 Å². The molecule has 4 rings (SSSR count). The van der Waals surface area contributed by atoms with Crippen LogP contribution in [0.1, 0.15) is 55.1 Å². The summed E-state index contributed by atoms with van der Waals surface area (Å²) in [5.41, 5.74) is 2.59. The van der Waals surface area contributed by atoms with E-state index in [0.29, 0.717) is 6.04 Å². The first-order valence-corrected chi connectivity index (χ1v) is 10.5. The molecule has 3 aromatic rings. The minimum absolute atomic E-state index is 0.451. The van der Waals surface area contributed by atoms with Crippen molar-refractivity contribution in [2.24, 2.45) is 0 Å². The van der Waals surface area contributed by atoms with Crippen LogP contribution in [0, 0.1) is 0 Å². The van der Waals surface area contributed by atoms with Crippen LogP contribution < -0.4 is 4.90 Å². The van der Waals surface area contributed by atoms with Gasteiger partial charge in [-0.2, -0.15) is 0 Å². The zero-order chi connectivity index (χ0) is 19.2. The van der Waals surface area contributed by atoms with Crippen LogP contribution in [0.25, 0.3) is 0 Å². The quantitative estimate of drug-likeness (QED) is 0.663. The van der Waals surface area contributed by atoms with Gasteiger partial charge >= 0.3 is 0 Å². The summed E-state index contributed by atoms with van der Waals surface area (Å²) in [6.45, 7) is 2.64. The molecule has 1 aromatic heterocycles. The maximum atomic E-state index is 6.06. The van der Waals surface area contributed by atoms with E-state index in [1.165, 1.54) is 48.1 Å². The number of halogens is 1. The summed E-state index contributed by atoms with van der Waals surface area (Å²) < 4.78 is 2.09. The van der Waals surface area contributed by atoms with Gasteiger partial charge in [-0.1, -0.05) is 73.3 Å². The van der Waals surface area contributed by atoms with Crippen molar-refractivity contribution in [2.75, 3.05) is 0 Å². The second kappa shape index (κ2) is 9.30. The Kier molecular flexibility index (Phi) is 6.34. The van der Waals surface area contributed by atoms with Crippen LogP contribution in [-0.2, 0) is 19.6 Å². The first-order valence-electron chi connectivity index (χ1n) is 10.2. The Morgan fingerprint density at radius 3 is 2.25 bits per heavy atom. The Balaban J connectivity index is 1.53. The monoisotopic (exact) mass is 396 g/mol. The van der Waals surface area contributed by atoms with E-state index in [9.17, 15) is 0 Å². The molecule has 5 nitrogen and oxygen atoms in total. The van der Waals surface area contributed by atoms with Gasteiger partial charge in [0.2, 0.25) is 5.82 Å². The van der Waals surface area contributed by atoms with Gasteiger partial charge in [0.15, 0.2) is 0 Å². The third kappa shape index (κ3) is 4.97. The van der Waals surface area contributed by atoms with Crippen molar-refractivity contribution in [2.45, 2.75) is 57.8 Å². The lowest BCUT2D eigenvalue weighted by atomic mass is 9.95. The maximum absolute atomic E-state index is 6.06. The normalized spacial score (nSPS) is 16.2. The van der Waals surface area contributed by atoms with Crippen LogP contribution in [-0.4, -0.2) is 20.2 Å². The van der Waals surface area contributed by atoms with E-state index < -0.39 is 0 Å². The van der Waals surface area contributed by atoms with Gasteiger partial charge in [0.05, 0.1) is 6.04 Å². The van der Waals surface area contributed by atoms with E-state index in [4.69, 9.17) is 11.6 Å². The Morgan fingerprint density at radius 1 is 0.857 bits per heavy atom. The van der Waals surface area contributed by atoms with Crippen molar-refractivity contribution in [3.63, 3.8) is 0 Å². The number of hydrogen-bond donors (Lipinski definition) is 1. The highest BCUT2D eigenvalue weighted by Crippen LogP contribution is 2.27. The summed E-state index contributed by atoms with van der Waals surface area (Å²) in [5.74, 6) is 0.992. The molecule has 28 heavy (non-hydrogen) atoms. The van der Waals surface area contributed by atoms with Crippen LogP contribution in [0.15, 0.2) is 54.6 Å². The average Bonchev–Trinajstić information content (AvgIpc) is 3.19. The largest absolute Gasteiger partial charge is 0.321 e. The summed E-state index contributed by atoms with van der Waals surface area (Å²) >= 11 is 6.06. The average molecular weight is 397 g/mol. The molecule has 0 bridgehead atoms. The number of nitrogens with one attached hydrogen (secondary N) is 1. The highest BCUT2D eigenvalue weighted by Gasteiger charge is 2.23. The second-order valence-corrected chi connectivity index (χ2v) is 8.16. The van der Waals surface area contributed by atoms with Crippen molar-refractivity contribution in [1.82, 2.24) is 20.2 Å². The van der Waals surface area contributed by atoms with Crippen molar-refractivity contribution in [1.29, 1.82) is 0 Å². The van der Waals surface area contributed by atoms with Gasteiger partial charge in [-0.05, 0) is 35.4 Å². The van der Waals surface area contributed by atoms with Crippen LogP contribution in [0.3, 0.4) is 0 Å². The fourth-order valence-electron chi connectivity index (χ4n) is 4.12. The molecule has 1 fully saturated rings. The molecule has 1 aliphatic carbocycles. The fraction of sp³-hybridized carbons (Fsp3) is 0.409. The summed E-state index contributed by atoms with van der Waals surface area (Å²) in [4.78, 5) is 1.42. The van der Waals surface area contributed by atoms with Gasteiger partial charge in [-0.25, -0.2) is 4.68 Å². The zero-order valence-corrected chi connectivity index (χ0v) is 16.9. The van der Waals surface area contributed by atoms with Crippen LogP contribution in [0.2, 0.25) is 5.02 Å². The predicted molar refractivity (Wildman–Crippen MR) is 110 cm³/mol. The Labute approximate surface area is 171 Å². The molecule has 0 spiro atoms. The lowest BCUT2D eigenvalue weighted by Crippen LogP contribution is -3.08. The van der Waals surface area contributed by atoms with Crippen LogP contribution in [0.4, 0.5) is 0 Å². The van der Waals surface area contributed by atoms with Crippen molar-refractivity contribution in [3.8, 4) is 0 Å². The van der Waals surface area contributed by atoms with Crippen LogP contribution in [0.5, 0.6) is 0 Å². The molecule has 6 heteroatoms. The molecule has 0 amide bonds. The lowest BCUT2D eigenvalue weighted by Gasteiger charge is -2.24. The third-order valence-electron chi connectivity index (χ3n) is 5.55. The molecule has 146 valence electrons. The van der Waals surface area contributed by atoms with Gasteiger partial charge in [0.25, 0.3) is 0 Å². The molecular formula is C22H27ClN5+. The molecule has 2 aromatic carbocycles. The molecule has 1 atom stereocenters. The third-order valence-corrected chi connectivity index (χ3v) is 5.81. The standard InChI is InChI=1S/C22H26ClN5/c23-20-13-11-19(12-14-20)16-27(15-18-7-3-1-4-8-18)17-22-24-25-26-28(22)21-9-5-2-6-10-21/h1,3-4,7-8,11-14,21H,2,5-6,9-10,15-17H2/p+1. The molecule has 1 saturated carbocycles. The first kappa shape index (κ1) is 19.1. The van der Waals surface area contributed by atoms with Gasteiger partial charge in [-0.3, -0.25) is 0 Å². The van der Waals surface area contributed by atoms with E-state index in [1.54, 1.807) is 0 Å². The number of nitrogens with zero attached hydrogens (tertiary/aromatic N) is 4. The minimum Gasteiger partial charge on any atom is -0.321 e. The maximum Gasteiger partial charge on any atom is 0.206 e. The highest BCUT2D eigenvalue weighted by molar-refractivity contribution is 6.30. The number of tetrazole rings is 1. The smallest absolute Gasteiger partial charge is 0.206 e. The molecule has 1 unspecified atom stereocenters. The van der Waals surface area contributed by atoms with Gasteiger partial charge in [0.1, 0.15) is 19.6 Å². The van der Waals surface area contributed by atoms with Gasteiger partial charge in [0, 0.05) is 16.1 Å². The van der Waals surface area contributed by atoms with Crippen molar-refractivity contribution >= 4 is 11.6 Å². The van der Waals surface area contributed by atoms with Crippen molar-refractivity contribution < 1.29 is 4.90 Å². The molecular weight excluding hydrogens is 370 g/mol. The van der Waals surface area contributed by atoms with E-state index in [1.807, 2.05) is 12.1 Å². The van der Waals surface area contributed by atoms with E-state index in [2.05, 4.69) is 62.7 Å². The van der Waals surface area contributed by atoms with E-state index >= 15 is 0 Å². The first-order chi connectivity index (χ1) is 13.8. The number of quaternary nitrogens is 1. The highest BCUT2D eigenvalue weighted by atomic mass is 35.5. The minimum atomic E-state index is 0.451. The summed E-state index contributed by atoms with van der Waals surface area (Å²) in [6.07, 6.45) is 6.24. The molecule has 0 radical (unpaired) electrons. The zero-order valence-electron chi connectivity index (χ0n) is 16.1. The molecule has 1 N–H and O–H groups in total. The predicted octanol–water partition coefficient (Wildman–Crippen LogP) is 3.62. The molecule has 0 saturated heterocycles. The fourth-order valence-corrected chi connectivity index (χ4v) is 4.25. The second-order valence-electron chi connectivity index (χ2n) is 7.72. The van der Waals surface area contributed by atoms with Crippen LogP contribution >= 0.6 is 11.6 Å². The van der Waals surface area contributed by atoms with E-state index in [0.717, 1.165) is 30.5 Å². The number of aromatic nitrogens is 4. The van der Waals surface area contributed by atoms with Gasteiger partial charge < -0.3 is 4.90 Å². The molecule has 1 aliphatic rings. The topological polar surface area (TPSA) is 48.0 Å². The van der Waals surface area contributed by atoms with E-state index in [-0.39, 0.29) is 0 Å². The number of benzene rings is 2. The summed E-state index contributed by atoms with van der Waals surface area (Å²) in [6, 6.07) is 19.2. The summed E-state index contributed by atoms with van der Waals surface area (Å²) in [7, 11) is 0. The number of rotatable bonds is 7. The van der Waals surface area contributed by atoms with Gasteiger partial charge in [-0.15, -0.1) is 5.10 Å². The Morgan fingerprint density at radius 2 is 1.54 bits per heavy atom. The molecule has 0 aliphatic heterocycles. The summed E-state index contributed by atoms with van der Waals surface area (Å²) in [5, 5.41) is 13.5.